The zero-order valence-corrected chi connectivity index (χ0v) is 12.4. The average molecular weight is 421 g/mol. The van der Waals surface area contributed by atoms with Crippen LogP contribution in [0.5, 0.6) is 0 Å². The normalized spacial score (nSPS) is 11.6. The molecule has 0 fully saturated rings. The Balaban J connectivity index is 2.61. The average Bonchev–Trinajstić information content (AvgIpc) is 2.19. The smallest absolute Gasteiger partial charge is 0.294 e. The maximum Gasteiger partial charge on any atom is 0.389 e. The summed E-state index contributed by atoms with van der Waals surface area (Å²) in [5, 5.41) is 0. The monoisotopic (exact) mass is 420 g/mol. The first-order valence-corrected chi connectivity index (χ1v) is 6.72. The van der Waals surface area contributed by atoms with E-state index in [1.54, 1.807) is 18.2 Å². The van der Waals surface area contributed by atoms with Crippen molar-refractivity contribution in [2.45, 2.75) is 25.4 Å². The predicted octanol–water partition coefficient (Wildman–Crippen LogP) is 4.97. The highest BCUT2D eigenvalue weighted by Crippen LogP contribution is 2.24. The molecular formula is C11H9BrF3IO. The first kappa shape index (κ1) is 14.9. The summed E-state index contributed by atoms with van der Waals surface area (Å²) < 4.78 is 37.3. The van der Waals surface area contributed by atoms with E-state index in [2.05, 4.69) is 15.9 Å². The van der Waals surface area contributed by atoms with Gasteiger partial charge in [0.25, 0.3) is 0 Å². The molecule has 0 atom stereocenters. The molecule has 1 nitrogen and oxygen atoms in total. The van der Waals surface area contributed by atoms with Crippen LogP contribution in [0.4, 0.5) is 13.2 Å². The summed E-state index contributed by atoms with van der Waals surface area (Å²) in [6.07, 6.45) is -5.34. The SMILES string of the molecule is O=C(CCCC(F)(F)F)c1cc(Br)ccc1I. The Kier molecular flexibility index (Phi) is 5.43. The lowest BCUT2D eigenvalue weighted by Crippen LogP contribution is -2.09. The number of carbonyl (C=O) groups excluding carboxylic acids is 1. The van der Waals surface area contributed by atoms with Crippen LogP contribution in [0.2, 0.25) is 0 Å². The van der Waals surface area contributed by atoms with Gasteiger partial charge in [0.1, 0.15) is 0 Å². The van der Waals surface area contributed by atoms with Crippen LogP contribution in [0.1, 0.15) is 29.6 Å². The fourth-order valence-corrected chi connectivity index (χ4v) is 2.29. The van der Waals surface area contributed by atoms with Gasteiger partial charge in [-0.1, -0.05) is 15.9 Å². The third-order valence-corrected chi connectivity index (χ3v) is 3.53. The van der Waals surface area contributed by atoms with Crippen LogP contribution < -0.4 is 0 Å². The van der Waals surface area contributed by atoms with Crippen LogP contribution in [0.15, 0.2) is 22.7 Å². The minimum atomic E-state index is -4.19. The lowest BCUT2D eigenvalue weighted by atomic mass is 10.1. The second-order valence-corrected chi connectivity index (χ2v) is 5.59. The van der Waals surface area contributed by atoms with Crippen LogP contribution in [0.3, 0.4) is 0 Å². The summed E-state index contributed by atoms with van der Waals surface area (Å²) in [4.78, 5) is 11.7. The van der Waals surface area contributed by atoms with E-state index in [9.17, 15) is 18.0 Å². The lowest BCUT2D eigenvalue weighted by Gasteiger charge is -2.06. The van der Waals surface area contributed by atoms with E-state index in [-0.39, 0.29) is 18.6 Å². The molecule has 0 aromatic heterocycles. The van der Waals surface area contributed by atoms with Gasteiger partial charge >= 0.3 is 6.18 Å². The van der Waals surface area contributed by atoms with Gasteiger partial charge in [-0.25, -0.2) is 0 Å². The number of halogens is 5. The third-order valence-electron chi connectivity index (χ3n) is 2.09. The summed E-state index contributed by atoms with van der Waals surface area (Å²) in [5.41, 5.74) is 0.474. The van der Waals surface area contributed by atoms with Crippen molar-refractivity contribution in [1.29, 1.82) is 0 Å². The van der Waals surface area contributed by atoms with Crippen LogP contribution >= 0.6 is 38.5 Å². The van der Waals surface area contributed by atoms with Crippen molar-refractivity contribution in [2.24, 2.45) is 0 Å². The number of hydrogen-bond donors (Lipinski definition) is 0. The van der Waals surface area contributed by atoms with E-state index in [4.69, 9.17) is 0 Å². The van der Waals surface area contributed by atoms with Crippen LogP contribution in [0, 0.1) is 3.57 Å². The van der Waals surface area contributed by atoms with Crippen LogP contribution in [0.25, 0.3) is 0 Å². The summed E-state index contributed by atoms with van der Waals surface area (Å²) >= 11 is 5.23. The van der Waals surface area contributed by atoms with Gasteiger partial charge in [-0.05, 0) is 47.2 Å². The zero-order valence-electron chi connectivity index (χ0n) is 8.65. The van der Waals surface area contributed by atoms with Gasteiger partial charge in [-0.15, -0.1) is 0 Å². The number of ketones is 1. The number of hydrogen-bond acceptors (Lipinski definition) is 1. The number of rotatable bonds is 4. The summed E-state index contributed by atoms with van der Waals surface area (Å²) in [5.74, 6) is -0.250. The highest BCUT2D eigenvalue weighted by Gasteiger charge is 2.26. The Labute approximate surface area is 119 Å². The molecule has 0 N–H and O–H groups in total. The number of Topliss-reactive ketones (excluding diaryl/α,β-unsaturated/α-hetero) is 1. The van der Waals surface area contributed by atoms with Crippen molar-refractivity contribution in [1.82, 2.24) is 0 Å². The summed E-state index contributed by atoms with van der Waals surface area (Å²) in [6.45, 7) is 0. The van der Waals surface area contributed by atoms with Crippen LogP contribution in [-0.2, 0) is 0 Å². The van der Waals surface area contributed by atoms with E-state index >= 15 is 0 Å². The van der Waals surface area contributed by atoms with Gasteiger partial charge in [-0.2, -0.15) is 13.2 Å². The lowest BCUT2D eigenvalue weighted by molar-refractivity contribution is -0.135. The second kappa shape index (κ2) is 6.17. The highest BCUT2D eigenvalue weighted by atomic mass is 127. The first-order chi connectivity index (χ1) is 7.79. The molecule has 1 aromatic rings. The molecule has 0 aliphatic heterocycles. The zero-order chi connectivity index (χ0) is 13.1. The molecule has 0 unspecified atom stereocenters. The maximum absolute atomic E-state index is 11.9. The molecule has 94 valence electrons. The number of benzene rings is 1. The molecule has 0 heterocycles. The summed E-state index contributed by atoms with van der Waals surface area (Å²) in [7, 11) is 0. The Morgan fingerprint density at radius 3 is 2.59 bits per heavy atom. The molecule has 1 rings (SSSR count). The van der Waals surface area contributed by atoms with Gasteiger partial charge < -0.3 is 0 Å². The molecule has 0 aliphatic carbocycles. The van der Waals surface area contributed by atoms with Crippen molar-refractivity contribution < 1.29 is 18.0 Å². The summed E-state index contributed by atoms with van der Waals surface area (Å²) in [6, 6.07) is 5.17. The van der Waals surface area contributed by atoms with E-state index in [0.717, 1.165) is 8.04 Å². The third kappa shape index (κ3) is 5.37. The van der Waals surface area contributed by atoms with Gasteiger partial charge in [0, 0.05) is 26.4 Å². The topological polar surface area (TPSA) is 17.1 Å². The fraction of sp³-hybridized carbons (Fsp3) is 0.364. The Hall–Kier alpha value is -0.110. The molecule has 0 amide bonds. The fourth-order valence-electron chi connectivity index (χ4n) is 1.30. The molecule has 0 aliphatic rings. The quantitative estimate of drug-likeness (QED) is 0.496. The second-order valence-electron chi connectivity index (χ2n) is 3.52. The van der Waals surface area contributed by atoms with E-state index in [0.29, 0.717) is 5.56 Å². The van der Waals surface area contributed by atoms with Crippen molar-refractivity contribution in [3.63, 3.8) is 0 Å². The molecule has 0 saturated carbocycles. The van der Waals surface area contributed by atoms with Gasteiger partial charge in [-0.3, -0.25) is 4.79 Å². The molecule has 0 spiro atoms. The Morgan fingerprint density at radius 1 is 1.35 bits per heavy atom. The van der Waals surface area contributed by atoms with Gasteiger partial charge in [0.15, 0.2) is 5.78 Å². The molecule has 0 saturated heterocycles. The van der Waals surface area contributed by atoms with Crippen molar-refractivity contribution in [3.8, 4) is 0 Å². The minimum absolute atomic E-state index is 0.0774. The maximum atomic E-state index is 11.9. The van der Waals surface area contributed by atoms with Crippen molar-refractivity contribution in [2.75, 3.05) is 0 Å². The first-order valence-electron chi connectivity index (χ1n) is 4.84. The molecule has 6 heteroatoms. The molecule has 1 aromatic carbocycles. The largest absolute Gasteiger partial charge is 0.389 e. The molecule has 17 heavy (non-hydrogen) atoms. The van der Waals surface area contributed by atoms with Crippen molar-refractivity contribution >= 4 is 44.3 Å². The van der Waals surface area contributed by atoms with E-state index in [1.807, 2.05) is 22.6 Å². The number of carbonyl (C=O) groups is 1. The van der Waals surface area contributed by atoms with E-state index < -0.39 is 12.6 Å². The van der Waals surface area contributed by atoms with Gasteiger partial charge in [0.05, 0.1) is 0 Å². The Bertz CT molecular complexity index is 418. The molecule has 0 radical (unpaired) electrons. The highest BCUT2D eigenvalue weighted by molar-refractivity contribution is 14.1. The van der Waals surface area contributed by atoms with Crippen LogP contribution in [-0.4, -0.2) is 12.0 Å². The standard InChI is InChI=1S/C11H9BrF3IO/c12-7-3-4-9(16)8(6-7)10(17)2-1-5-11(13,14)15/h3-4,6H,1-2,5H2. The Morgan fingerprint density at radius 2 is 2.00 bits per heavy atom. The minimum Gasteiger partial charge on any atom is -0.294 e. The number of alkyl halides is 3. The molecular weight excluding hydrogens is 412 g/mol. The van der Waals surface area contributed by atoms with Gasteiger partial charge in [0.2, 0.25) is 0 Å². The van der Waals surface area contributed by atoms with Crippen molar-refractivity contribution in [3.05, 3.63) is 31.8 Å². The molecule has 0 bridgehead atoms. The predicted molar refractivity (Wildman–Crippen MR) is 71.1 cm³/mol. The van der Waals surface area contributed by atoms with E-state index in [1.165, 1.54) is 0 Å².